The number of aromatic nitrogens is 1. The molecule has 1 aliphatic carbocycles. The van der Waals surface area contributed by atoms with Crippen molar-refractivity contribution in [3.05, 3.63) is 96.1 Å². The van der Waals surface area contributed by atoms with Crippen molar-refractivity contribution in [2.24, 2.45) is 0 Å². The lowest BCUT2D eigenvalue weighted by Crippen LogP contribution is -2.02. The Morgan fingerprint density at radius 3 is 2.24 bits per heavy atom. The number of fused-ring (bicyclic) bond motifs is 6. The molecule has 0 amide bonds. The van der Waals surface area contributed by atoms with Crippen molar-refractivity contribution in [2.45, 2.75) is 25.7 Å². The Bertz CT molecular complexity index is 1320. The summed E-state index contributed by atoms with van der Waals surface area (Å²) in [6.07, 6.45) is 5.22. The van der Waals surface area contributed by atoms with Crippen LogP contribution in [0.15, 0.2) is 84.9 Å². The molecule has 0 saturated carbocycles. The molecule has 0 fully saturated rings. The summed E-state index contributed by atoms with van der Waals surface area (Å²) in [6, 6.07) is 29.1. The summed E-state index contributed by atoms with van der Waals surface area (Å²) < 4.78 is 0. The molecule has 6 rings (SSSR count). The number of hydrogen-bond donors (Lipinski definition) is 1. The van der Waals surface area contributed by atoms with Crippen molar-refractivity contribution in [2.75, 3.05) is 0 Å². The summed E-state index contributed by atoms with van der Waals surface area (Å²) in [5, 5.41) is 15.7. The van der Waals surface area contributed by atoms with Gasteiger partial charge in [-0.25, -0.2) is 4.98 Å². The maximum atomic E-state index is 9.02. The van der Waals surface area contributed by atoms with Gasteiger partial charge in [-0.2, -0.15) is 0 Å². The third kappa shape index (κ3) is 3.42. The van der Waals surface area contributed by atoms with Crippen LogP contribution in [0.4, 0.5) is 0 Å². The Kier molecular flexibility index (Phi) is 4.61. The van der Waals surface area contributed by atoms with Crippen LogP contribution in [-0.4, -0.2) is 10.1 Å². The largest absolute Gasteiger partial charge is 0.493 e. The predicted molar refractivity (Wildman–Crippen MR) is 122 cm³/mol. The molecule has 0 spiro atoms. The predicted octanol–water partition coefficient (Wildman–Crippen LogP) is 6.81. The molecule has 142 valence electrons. The van der Waals surface area contributed by atoms with Gasteiger partial charge in [0.25, 0.3) is 0 Å². The molecule has 5 aromatic rings. The number of pyridine rings is 1. The molecule has 4 aromatic carbocycles. The van der Waals surface area contributed by atoms with Crippen LogP contribution < -0.4 is 0 Å². The van der Waals surface area contributed by atoms with Gasteiger partial charge in [0.15, 0.2) is 0 Å². The van der Waals surface area contributed by atoms with Crippen molar-refractivity contribution in [1.82, 2.24) is 4.98 Å². The standard InChI is InChI=1S/C18H16.C9H7NO/c1-3-7-15-13(5-1)9-11-18-16-8-4-2-6-14(16)10-12-17(15)18;11-9-6-5-7-3-1-2-4-8(7)10-9/h1,3,5,7,9-12H,2,4,6,8H2;1-6H,(H,10,11). The van der Waals surface area contributed by atoms with Gasteiger partial charge < -0.3 is 5.11 Å². The number of nitrogens with zero attached hydrogens (tertiary/aromatic N) is 1. The van der Waals surface area contributed by atoms with Crippen LogP contribution in [0, 0.1) is 0 Å². The molecule has 0 atom stereocenters. The van der Waals surface area contributed by atoms with Gasteiger partial charge in [0.05, 0.1) is 5.52 Å². The molecule has 1 N–H and O–H groups in total. The van der Waals surface area contributed by atoms with E-state index in [1.165, 1.54) is 47.2 Å². The van der Waals surface area contributed by atoms with E-state index in [4.69, 9.17) is 5.11 Å². The van der Waals surface area contributed by atoms with Gasteiger partial charge in [0, 0.05) is 11.5 Å². The van der Waals surface area contributed by atoms with Gasteiger partial charge in [-0.3, -0.25) is 0 Å². The number of aromatic hydroxyl groups is 1. The molecule has 0 unspecified atom stereocenters. The number of para-hydroxylation sites is 1. The zero-order valence-electron chi connectivity index (χ0n) is 16.3. The average molecular weight is 377 g/mol. The van der Waals surface area contributed by atoms with Gasteiger partial charge in [0.2, 0.25) is 5.88 Å². The SMILES string of the molecule is Oc1ccc2ccccc2n1.c1ccc2c(c1)ccc1c3c(ccc12)CCCC3. The average Bonchev–Trinajstić information content (AvgIpc) is 2.79. The molecule has 2 nitrogen and oxygen atoms in total. The van der Waals surface area contributed by atoms with E-state index in [2.05, 4.69) is 53.5 Å². The molecule has 1 aromatic heterocycles. The third-order valence-corrected chi connectivity index (χ3v) is 5.84. The summed E-state index contributed by atoms with van der Waals surface area (Å²) in [5.41, 5.74) is 4.00. The monoisotopic (exact) mass is 377 g/mol. The second-order valence-corrected chi connectivity index (χ2v) is 7.65. The molecule has 0 saturated heterocycles. The lowest BCUT2D eigenvalue weighted by Gasteiger charge is -2.18. The fraction of sp³-hybridized carbons (Fsp3) is 0.148. The fourth-order valence-corrected chi connectivity index (χ4v) is 4.40. The summed E-state index contributed by atoms with van der Waals surface area (Å²) in [7, 11) is 0. The van der Waals surface area contributed by atoms with E-state index in [0.29, 0.717) is 0 Å². The lowest BCUT2D eigenvalue weighted by atomic mass is 9.86. The minimum atomic E-state index is 0.0729. The molecule has 0 aliphatic heterocycles. The van der Waals surface area contributed by atoms with Crippen LogP contribution in [0.5, 0.6) is 5.88 Å². The van der Waals surface area contributed by atoms with Gasteiger partial charge in [-0.1, -0.05) is 66.7 Å². The van der Waals surface area contributed by atoms with Crippen LogP contribution in [0.2, 0.25) is 0 Å². The smallest absolute Gasteiger partial charge is 0.211 e. The molecule has 0 bridgehead atoms. The Labute approximate surface area is 170 Å². The maximum Gasteiger partial charge on any atom is 0.211 e. The zero-order valence-corrected chi connectivity index (χ0v) is 16.3. The normalized spacial score (nSPS) is 13.1. The molecular weight excluding hydrogens is 354 g/mol. The van der Waals surface area contributed by atoms with Crippen LogP contribution in [-0.2, 0) is 12.8 Å². The molecule has 0 radical (unpaired) electrons. The van der Waals surface area contributed by atoms with Gasteiger partial charge in [-0.05, 0) is 70.5 Å². The quantitative estimate of drug-likeness (QED) is 0.301. The Morgan fingerprint density at radius 1 is 0.586 bits per heavy atom. The van der Waals surface area contributed by atoms with Crippen LogP contribution in [0.3, 0.4) is 0 Å². The van der Waals surface area contributed by atoms with E-state index in [1.54, 1.807) is 17.2 Å². The van der Waals surface area contributed by atoms with Crippen molar-refractivity contribution in [3.63, 3.8) is 0 Å². The van der Waals surface area contributed by atoms with E-state index in [1.807, 2.05) is 30.3 Å². The summed E-state index contributed by atoms with van der Waals surface area (Å²) in [6.45, 7) is 0. The Morgan fingerprint density at radius 2 is 1.31 bits per heavy atom. The van der Waals surface area contributed by atoms with E-state index in [9.17, 15) is 0 Å². The van der Waals surface area contributed by atoms with E-state index >= 15 is 0 Å². The van der Waals surface area contributed by atoms with E-state index < -0.39 is 0 Å². The molecule has 2 heteroatoms. The number of hydrogen-bond acceptors (Lipinski definition) is 2. The molecular formula is C27H23NO. The number of benzene rings is 4. The topological polar surface area (TPSA) is 33.1 Å². The molecule has 29 heavy (non-hydrogen) atoms. The van der Waals surface area contributed by atoms with Crippen molar-refractivity contribution < 1.29 is 5.11 Å². The van der Waals surface area contributed by atoms with Crippen LogP contribution in [0.25, 0.3) is 32.4 Å². The Hall–Kier alpha value is -3.39. The lowest BCUT2D eigenvalue weighted by molar-refractivity contribution is 0.456. The maximum absolute atomic E-state index is 9.02. The highest BCUT2D eigenvalue weighted by Crippen LogP contribution is 2.33. The first-order valence-corrected chi connectivity index (χ1v) is 10.3. The second-order valence-electron chi connectivity index (χ2n) is 7.65. The summed E-state index contributed by atoms with van der Waals surface area (Å²) in [4.78, 5) is 3.93. The molecule has 1 aliphatic rings. The minimum Gasteiger partial charge on any atom is -0.493 e. The van der Waals surface area contributed by atoms with E-state index in [0.717, 1.165) is 10.9 Å². The van der Waals surface area contributed by atoms with Gasteiger partial charge in [-0.15, -0.1) is 0 Å². The van der Waals surface area contributed by atoms with E-state index in [-0.39, 0.29) is 5.88 Å². The zero-order chi connectivity index (χ0) is 19.6. The second kappa shape index (κ2) is 7.56. The first-order valence-electron chi connectivity index (χ1n) is 10.3. The van der Waals surface area contributed by atoms with Crippen molar-refractivity contribution in [3.8, 4) is 5.88 Å². The number of aryl methyl sites for hydroxylation is 2. The highest BCUT2D eigenvalue weighted by Gasteiger charge is 2.13. The fourth-order valence-electron chi connectivity index (χ4n) is 4.40. The van der Waals surface area contributed by atoms with Crippen molar-refractivity contribution >= 4 is 32.4 Å². The van der Waals surface area contributed by atoms with Crippen LogP contribution >= 0.6 is 0 Å². The Balaban J connectivity index is 0.000000142. The summed E-state index contributed by atoms with van der Waals surface area (Å²) >= 11 is 0. The van der Waals surface area contributed by atoms with Crippen LogP contribution in [0.1, 0.15) is 24.0 Å². The highest BCUT2D eigenvalue weighted by atomic mass is 16.3. The van der Waals surface area contributed by atoms with Crippen molar-refractivity contribution in [1.29, 1.82) is 0 Å². The van der Waals surface area contributed by atoms with Gasteiger partial charge >= 0.3 is 0 Å². The highest BCUT2D eigenvalue weighted by molar-refractivity contribution is 6.08. The summed E-state index contributed by atoms with van der Waals surface area (Å²) in [5.74, 6) is 0.0729. The molecule has 1 heterocycles. The third-order valence-electron chi connectivity index (χ3n) is 5.84. The number of rotatable bonds is 0. The first-order chi connectivity index (χ1) is 14.3. The van der Waals surface area contributed by atoms with Gasteiger partial charge in [0.1, 0.15) is 0 Å². The first kappa shape index (κ1) is 17.7. The minimum absolute atomic E-state index is 0.0729.